The fourth-order valence-electron chi connectivity index (χ4n) is 2.33. The van der Waals surface area contributed by atoms with Gasteiger partial charge < -0.3 is 15.2 Å². The molecule has 0 aliphatic rings. The van der Waals surface area contributed by atoms with E-state index in [1.54, 1.807) is 42.8 Å². The Morgan fingerprint density at radius 1 is 1.28 bits per heavy atom. The van der Waals surface area contributed by atoms with Gasteiger partial charge in [-0.05, 0) is 26.0 Å². The molecule has 3 rings (SSSR count). The number of hydrogen-bond donors (Lipinski definition) is 2. The second-order valence-corrected chi connectivity index (χ2v) is 8.78. The fourth-order valence-corrected chi connectivity index (χ4v) is 4.04. The Morgan fingerprint density at radius 3 is 2.72 bits per heavy atom. The average molecular weight is 451 g/mol. The quantitative estimate of drug-likeness (QED) is 0.534. The van der Waals surface area contributed by atoms with Crippen LogP contribution in [0.25, 0.3) is 0 Å². The number of aryl methyl sites for hydroxylation is 1. The van der Waals surface area contributed by atoms with Crippen molar-refractivity contribution in [1.29, 1.82) is 0 Å². The molecule has 0 spiro atoms. The highest BCUT2D eigenvalue weighted by molar-refractivity contribution is 8.00. The predicted molar refractivity (Wildman–Crippen MR) is 116 cm³/mol. The van der Waals surface area contributed by atoms with Gasteiger partial charge in [-0.2, -0.15) is 0 Å². The molecule has 0 fully saturated rings. The molecule has 2 heterocycles. The number of halogens is 1. The van der Waals surface area contributed by atoms with Gasteiger partial charge in [0.15, 0.2) is 10.3 Å². The summed E-state index contributed by atoms with van der Waals surface area (Å²) in [6.07, 6.45) is 0.0360. The van der Waals surface area contributed by atoms with Crippen molar-refractivity contribution < 1.29 is 9.59 Å². The smallest absolute Gasteiger partial charge is 0.239 e. The maximum absolute atomic E-state index is 12.4. The van der Waals surface area contributed by atoms with Crippen LogP contribution in [-0.4, -0.2) is 36.8 Å². The van der Waals surface area contributed by atoms with Gasteiger partial charge in [-0.25, -0.2) is 4.98 Å². The first-order valence-electron chi connectivity index (χ1n) is 8.65. The minimum absolute atomic E-state index is 0.0360. The molecular formula is C18H19ClN6O2S2. The number of nitrogens with one attached hydrogen (secondary N) is 2. The maximum Gasteiger partial charge on any atom is 0.239 e. The second-order valence-electron chi connectivity index (χ2n) is 6.21. The van der Waals surface area contributed by atoms with Crippen LogP contribution in [0, 0.1) is 6.92 Å². The number of amides is 2. The summed E-state index contributed by atoms with van der Waals surface area (Å²) >= 11 is 8.70. The molecule has 1 aromatic carbocycles. The lowest BCUT2D eigenvalue weighted by Crippen LogP contribution is -2.23. The van der Waals surface area contributed by atoms with E-state index in [9.17, 15) is 9.59 Å². The van der Waals surface area contributed by atoms with E-state index in [2.05, 4.69) is 25.8 Å². The minimum atomic E-state index is -0.410. The molecule has 2 N–H and O–H groups in total. The highest BCUT2D eigenvalue weighted by atomic mass is 35.5. The topological polar surface area (TPSA) is 102 Å². The molecule has 11 heteroatoms. The number of anilines is 2. The van der Waals surface area contributed by atoms with Gasteiger partial charge in [0.2, 0.25) is 11.8 Å². The molecule has 2 amide bonds. The minimum Gasteiger partial charge on any atom is -0.324 e. The van der Waals surface area contributed by atoms with Crippen LogP contribution >= 0.6 is 34.7 Å². The van der Waals surface area contributed by atoms with Crippen LogP contribution in [0.2, 0.25) is 5.02 Å². The third kappa shape index (κ3) is 5.55. The lowest BCUT2D eigenvalue weighted by Gasteiger charge is -2.10. The van der Waals surface area contributed by atoms with Gasteiger partial charge in [-0.15, -0.1) is 21.5 Å². The van der Waals surface area contributed by atoms with E-state index in [0.717, 1.165) is 5.69 Å². The molecule has 29 heavy (non-hydrogen) atoms. The van der Waals surface area contributed by atoms with Crippen LogP contribution in [-0.2, 0) is 23.1 Å². The standard InChI is InChI=1S/C18H19ClN6O2S2/c1-10-9-28-17(20-10)22-16(27)11(2)29-18-24-23-14(25(18)3)8-15(26)21-13-7-5-4-6-12(13)19/h4-7,9,11H,8H2,1-3H3,(H,21,26)(H,20,22,27)/t11-/m0/s1. The van der Waals surface area contributed by atoms with E-state index in [1.807, 2.05) is 12.3 Å². The van der Waals surface area contributed by atoms with E-state index >= 15 is 0 Å². The Bertz CT molecular complexity index is 1040. The van der Waals surface area contributed by atoms with Crippen LogP contribution in [0.15, 0.2) is 34.8 Å². The monoisotopic (exact) mass is 450 g/mol. The number of nitrogens with zero attached hydrogens (tertiary/aromatic N) is 4. The zero-order valence-corrected chi connectivity index (χ0v) is 18.4. The third-order valence-corrected chi connectivity index (χ3v) is 6.23. The number of carbonyl (C=O) groups excluding carboxylic acids is 2. The summed E-state index contributed by atoms with van der Waals surface area (Å²) in [7, 11) is 1.76. The number of rotatable bonds is 7. The molecule has 0 radical (unpaired) electrons. The molecule has 3 aromatic rings. The number of thiazole rings is 1. The number of hydrogen-bond acceptors (Lipinski definition) is 7. The number of aromatic nitrogens is 4. The Morgan fingerprint density at radius 2 is 2.03 bits per heavy atom. The summed E-state index contributed by atoms with van der Waals surface area (Å²) in [5.74, 6) is 0.0562. The Kier molecular flexibility index (Phi) is 6.88. The van der Waals surface area contributed by atoms with Gasteiger partial charge in [-0.1, -0.05) is 35.5 Å². The third-order valence-electron chi connectivity index (χ3n) is 3.89. The van der Waals surface area contributed by atoms with Crippen LogP contribution in [0.3, 0.4) is 0 Å². The van der Waals surface area contributed by atoms with Gasteiger partial charge in [0.1, 0.15) is 5.82 Å². The van der Waals surface area contributed by atoms with Crippen LogP contribution in [0.5, 0.6) is 0 Å². The molecule has 0 saturated carbocycles. The van der Waals surface area contributed by atoms with E-state index in [0.29, 0.717) is 26.8 Å². The summed E-state index contributed by atoms with van der Waals surface area (Å²) in [5.41, 5.74) is 1.40. The average Bonchev–Trinajstić information content (AvgIpc) is 3.23. The zero-order chi connectivity index (χ0) is 21.0. The van der Waals surface area contributed by atoms with E-state index in [-0.39, 0.29) is 18.2 Å². The first kappa shape index (κ1) is 21.3. The number of thioether (sulfide) groups is 1. The largest absolute Gasteiger partial charge is 0.324 e. The van der Waals surface area contributed by atoms with Gasteiger partial charge >= 0.3 is 0 Å². The highest BCUT2D eigenvalue weighted by Crippen LogP contribution is 2.24. The molecule has 0 saturated heterocycles. The second kappa shape index (κ2) is 9.38. The van der Waals surface area contributed by atoms with Gasteiger partial charge in [0.25, 0.3) is 0 Å². The highest BCUT2D eigenvalue weighted by Gasteiger charge is 2.20. The Labute approximate surface area is 181 Å². The van der Waals surface area contributed by atoms with Crippen molar-refractivity contribution in [3.63, 3.8) is 0 Å². The Balaban J connectivity index is 1.59. The summed E-state index contributed by atoms with van der Waals surface area (Å²) < 4.78 is 1.70. The molecule has 0 unspecified atom stereocenters. The van der Waals surface area contributed by atoms with E-state index in [1.165, 1.54) is 23.1 Å². The first-order valence-corrected chi connectivity index (χ1v) is 10.8. The Hall–Kier alpha value is -2.43. The number of benzene rings is 1. The summed E-state index contributed by atoms with van der Waals surface area (Å²) in [6.45, 7) is 3.65. The molecule has 0 aliphatic heterocycles. The van der Waals surface area contributed by atoms with Crippen molar-refractivity contribution in [2.75, 3.05) is 10.6 Å². The normalized spacial score (nSPS) is 11.9. The number of para-hydroxylation sites is 1. The lowest BCUT2D eigenvalue weighted by atomic mass is 10.3. The fraction of sp³-hybridized carbons (Fsp3) is 0.278. The van der Waals surface area contributed by atoms with Gasteiger partial charge in [0.05, 0.1) is 28.1 Å². The molecule has 8 nitrogen and oxygen atoms in total. The van der Waals surface area contributed by atoms with Crippen molar-refractivity contribution in [3.05, 3.63) is 46.2 Å². The molecule has 152 valence electrons. The van der Waals surface area contributed by atoms with Crippen molar-refractivity contribution in [2.45, 2.75) is 30.7 Å². The summed E-state index contributed by atoms with van der Waals surface area (Å²) in [5, 5.41) is 16.8. The van der Waals surface area contributed by atoms with Crippen molar-refractivity contribution >= 4 is 57.3 Å². The molecule has 0 bridgehead atoms. The molecule has 2 aromatic heterocycles. The summed E-state index contributed by atoms with van der Waals surface area (Å²) in [4.78, 5) is 28.9. The molecular weight excluding hydrogens is 432 g/mol. The number of carbonyl (C=O) groups is 2. The van der Waals surface area contributed by atoms with E-state index < -0.39 is 5.25 Å². The SMILES string of the molecule is Cc1csc(NC(=O)[C@H](C)Sc2nnc(CC(=O)Nc3ccccc3Cl)n2C)n1. The van der Waals surface area contributed by atoms with Crippen molar-refractivity contribution in [1.82, 2.24) is 19.7 Å². The maximum atomic E-state index is 12.4. The van der Waals surface area contributed by atoms with Crippen LogP contribution < -0.4 is 10.6 Å². The molecule has 1 atom stereocenters. The lowest BCUT2D eigenvalue weighted by molar-refractivity contribution is -0.116. The zero-order valence-electron chi connectivity index (χ0n) is 16.0. The summed E-state index contributed by atoms with van der Waals surface area (Å²) in [6, 6.07) is 7.01. The van der Waals surface area contributed by atoms with Crippen molar-refractivity contribution in [3.8, 4) is 0 Å². The molecule has 0 aliphatic carbocycles. The van der Waals surface area contributed by atoms with E-state index in [4.69, 9.17) is 11.6 Å². The predicted octanol–water partition coefficient (Wildman–Crippen LogP) is 3.53. The van der Waals surface area contributed by atoms with Gasteiger partial charge in [-0.3, -0.25) is 9.59 Å². The van der Waals surface area contributed by atoms with Gasteiger partial charge in [0, 0.05) is 12.4 Å². The first-order chi connectivity index (χ1) is 13.8. The van der Waals surface area contributed by atoms with Crippen LogP contribution in [0.4, 0.5) is 10.8 Å². The van der Waals surface area contributed by atoms with Crippen LogP contribution in [0.1, 0.15) is 18.4 Å². The van der Waals surface area contributed by atoms with Crippen molar-refractivity contribution in [2.24, 2.45) is 7.05 Å².